The molecule has 0 aromatic heterocycles. The molecule has 6 nitrogen and oxygen atoms in total. The van der Waals surface area contributed by atoms with Gasteiger partial charge in [-0.25, -0.2) is 4.79 Å². The topological polar surface area (TPSA) is 83.4 Å². The molecule has 0 radical (unpaired) electrons. The van der Waals surface area contributed by atoms with E-state index in [1.807, 2.05) is 34.6 Å². The van der Waals surface area contributed by atoms with Gasteiger partial charge in [0.15, 0.2) is 0 Å². The number of amides is 1. The van der Waals surface area contributed by atoms with Crippen molar-refractivity contribution in [3.63, 3.8) is 0 Å². The van der Waals surface area contributed by atoms with Crippen molar-refractivity contribution in [1.82, 2.24) is 10.6 Å². The average Bonchev–Trinajstić information content (AvgIpc) is 2.34. The van der Waals surface area contributed by atoms with Gasteiger partial charge in [0, 0.05) is 26.1 Å². The van der Waals surface area contributed by atoms with Gasteiger partial charge in [0.05, 0.1) is 12.7 Å². The molecule has 0 aliphatic heterocycles. The Morgan fingerprint density at radius 1 is 1.33 bits per heavy atom. The lowest BCUT2D eigenvalue weighted by atomic mass is 9.89. The first-order chi connectivity index (χ1) is 9.71. The molecule has 2 unspecified atom stereocenters. The molecule has 21 heavy (non-hydrogen) atoms. The zero-order valence-corrected chi connectivity index (χ0v) is 14.0. The summed E-state index contributed by atoms with van der Waals surface area (Å²) in [6.45, 7) is 11.1. The fraction of sp³-hybridized carbons (Fsp3) is 0.867. The molecule has 1 amide bonds. The molecule has 122 valence electrons. The highest BCUT2D eigenvalue weighted by molar-refractivity contribution is 5.67. The smallest absolute Gasteiger partial charge is 0.407 e. The van der Waals surface area contributed by atoms with Crippen molar-refractivity contribution in [1.29, 1.82) is 5.26 Å². The third kappa shape index (κ3) is 9.27. The number of hydrogen-bond donors (Lipinski definition) is 2. The summed E-state index contributed by atoms with van der Waals surface area (Å²) in [5.41, 5.74) is -0.525. The normalized spacial score (nSPS) is 14.4. The van der Waals surface area contributed by atoms with Crippen molar-refractivity contribution < 1.29 is 14.3 Å². The summed E-state index contributed by atoms with van der Waals surface area (Å²) in [7, 11) is 1.62. The Morgan fingerprint density at radius 3 is 2.38 bits per heavy atom. The number of ether oxygens (including phenoxy) is 2. The quantitative estimate of drug-likeness (QED) is 0.669. The van der Waals surface area contributed by atoms with E-state index in [1.165, 1.54) is 0 Å². The molecule has 6 heteroatoms. The summed E-state index contributed by atoms with van der Waals surface area (Å²) in [5, 5.41) is 15.2. The second kappa shape index (κ2) is 9.59. The first-order valence-electron chi connectivity index (χ1n) is 7.30. The van der Waals surface area contributed by atoms with Crippen molar-refractivity contribution in [2.45, 2.75) is 46.3 Å². The summed E-state index contributed by atoms with van der Waals surface area (Å²) in [4.78, 5) is 11.7. The standard InChI is InChI=1S/C15H29N3O3/c1-11(2)12(13(9-16)17-7-8-20-6)10-18-14(19)21-15(3,4)5/h11-13,17H,7-8,10H2,1-6H3,(H,18,19). The van der Waals surface area contributed by atoms with Gasteiger partial charge in [-0.3, -0.25) is 5.32 Å². The van der Waals surface area contributed by atoms with Crippen LogP contribution in [-0.2, 0) is 9.47 Å². The van der Waals surface area contributed by atoms with Crippen LogP contribution in [0.25, 0.3) is 0 Å². The minimum Gasteiger partial charge on any atom is -0.444 e. The van der Waals surface area contributed by atoms with Gasteiger partial charge in [0.2, 0.25) is 0 Å². The number of carbonyl (C=O) groups is 1. The number of rotatable bonds is 8. The number of hydrogen-bond acceptors (Lipinski definition) is 5. The molecule has 0 rings (SSSR count). The maximum Gasteiger partial charge on any atom is 0.407 e. The SMILES string of the molecule is COCCNC(C#N)C(CNC(=O)OC(C)(C)C)C(C)C. The number of nitrogens with zero attached hydrogens (tertiary/aromatic N) is 1. The van der Waals surface area contributed by atoms with Gasteiger partial charge in [-0.1, -0.05) is 13.8 Å². The van der Waals surface area contributed by atoms with Gasteiger partial charge in [0.25, 0.3) is 0 Å². The Kier molecular flexibility index (Phi) is 8.98. The largest absolute Gasteiger partial charge is 0.444 e. The van der Waals surface area contributed by atoms with E-state index in [1.54, 1.807) is 7.11 Å². The number of nitrogens with one attached hydrogen (secondary N) is 2. The predicted octanol–water partition coefficient (Wildman–Crippen LogP) is 1.91. The Morgan fingerprint density at radius 2 is 1.95 bits per heavy atom. The summed E-state index contributed by atoms with van der Waals surface area (Å²) in [6, 6.07) is 1.92. The minimum absolute atomic E-state index is 0.000579. The van der Waals surface area contributed by atoms with Crippen LogP contribution in [0.4, 0.5) is 4.79 Å². The lowest BCUT2D eigenvalue weighted by Crippen LogP contribution is -2.45. The van der Waals surface area contributed by atoms with Crippen LogP contribution in [0.15, 0.2) is 0 Å². The van der Waals surface area contributed by atoms with Crippen LogP contribution < -0.4 is 10.6 Å². The molecular weight excluding hydrogens is 270 g/mol. The monoisotopic (exact) mass is 299 g/mol. The molecular formula is C15H29N3O3. The zero-order chi connectivity index (χ0) is 16.5. The van der Waals surface area contributed by atoms with Crippen LogP contribution in [0.1, 0.15) is 34.6 Å². The Bertz CT molecular complexity index is 345. The number of carbonyl (C=O) groups excluding carboxylic acids is 1. The highest BCUT2D eigenvalue weighted by Gasteiger charge is 2.25. The van der Waals surface area contributed by atoms with E-state index in [9.17, 15) is 10.1 Å². The van der Waals surface area contributed by atoms with Crippen molar-refractivity contribution in [3.05, 3.63) is 0 Å². The molecule has 2 N–H and O–H groups in total. The van der Waals surface area contributed by atoms with Gasteiger partial charge in [-0.2, -0.15) is 5.26 Å². The highest BCUT2D eigenvalue weighted by atomic mass is 16.6. The number of nitriles is 1. The summed E-state index contributed by atoms with van der Waals surface area (Å²) in [6.07, 6.45) is -0.457. The first kappa shape index (κ1) is 19.7. The maximum atomic E-state index is 11.7. The second-order valence-corrected chi connectivity index (χ2v) is 6.34. The van der Waals surface area contributed by atoms with Crippen molar-refractivity contribution >= 4 is 6.09 Å². The molecule has 0 aromatic carbocycles. The Balaban J connectivity index is 4.47. The molecule has 0 heterocycles. The Hall–Kier alpha value is -1.32. The maximum absolute atomic E-state index is 11.7. The summed E-state index contributed by atoms with van der Waals surface area (Å²) >= 11 is 0. The van der Waals surface area contributed by atoms with Crippen molar-refractivity contribution in [2.75, 3.05) is 26.8 Å². The van der Waals surface area contributed by atoms with Crippen LogP contribution in [-0.4, -0.2) is 44.5 Å². The molecule has 0 fully saturated rings. The minimum atomic E-state index is -0.525. The molecule has 0 saturated heterocycles. The van der Waals surface area contributed by atoms with Gasteiger partial charge < -0.3 is 14.8 Å². The van der Waals surface area contributed by atoms with Gasteiger partial charge in [-0.05, 0) is 26.7 Å². The molecule has 0 aliphatic carbocycles. The number of methoxy groups -OCH3 is 1. The molecule has 0 bridgehead atoms. The van der Waals surface area contributed by atoms with Crippen LogP contribution in [0.2, 0.25) is 0 Å². The van der Waals surface area contributed by atoms with E-state index in [0.29, 0.717) is 19.7 Å². The molecule has 0 aliphatic rings. The molecule has 2 atom stereocenters. The van der Waals surface area contributed by atoms with Crippen LogP contribution in [0, 0.1) is 23.2 Å². The third-order valence-corrected chi connectivity index (χ3v) is 2.97. The van der Waals surface area contributed by atoms with E-state index >= 15 is 0 Å². The lowest BCUT2D eigenvalue weighted by molar-refractivity contribution is 0.0511. The molecule has 0 saturated carbocycles. The first-order valence-corrected chi connectivity index (χ1v) is 7.30. The van der Waals surface area contributed by atoms with E-state index in [0.717, 1.165) is 0 Å². The van der Waals surface area contributed by atoms with Crippen LogP contribution in [0.5, 0.6) is 0 Å². The summed E-state index contributed by atoms with van der Waals surface area (Å²) < 4.78 is 10.2. The average molecular weight is 299 g/mol. The highest BCUT2D eigenvalue weighted by Crippen LogP contribution is 2.15. The zero-order valence-electron chi connectivity index (χ0n) is 14.0. The van der Waals surface area contributed by atoms with E-state index < -0.39 is 11.7 Å². The van der Waals surface area contributed by atoms with Crippen molar-refractivity contribution in [3.8, 4) is 6.07 Å². The second-order valence-electron chi connectivity index (χ2n) is 6.34. The van der Waals surface area contributed by atoms with Crippen LogP contribution in [0.3, 0.4) is 0 Å². The summed E-state index contributed by atoms with van der Waals surface area (Å²) in [5.74, 6) is 0.249. The predicted molar refractivity (Wildman–Crippen MR) is 81.8 cm³/mol. The lowest BCUT2D eigenvalue weighted by Gasteiger charge is -2.27. The number of alkyl carbamates (subject to hydrolysis) is 1. The Labute approximate surface area is 128 Å². The third-order valence-electron chi connectivity index (χ3n) is 2.97. The van der Waals surface area contributed by atoms with Gasteiger partial charge in [0.1, 0.15) is 11.6 Å². The van der Waals surface area contributed by atoms with E-state index in [4.69, 9.17) is 9.47 Å². The van der Waals surface area contributed by atoms with Gasteiger partial charge >= 0.3 is 6.09 Å². The molecule has 0 spiro atoms. The fourth-order valence-corrected chi connectivity index (χ4v) is 1.86. The molecule has 0 aromatic rings. The van der Waals surface area contributed by atoms with Crippen molar-refractivity contribution in [2.24, 2.45) is 11.8 Å². The van der Waals surface area contributed by atoms with E-state index in [2.05, 4.69) is 16.7 Å². The van der Waals surface area contributed by atoms with Gasteiger partial charge in [-0.15, -0.1) is 0 Å². The van der Waals surface area contributed by atoms with Crippen LogP contribution >= 0.6 is 0 Å². The fourth-order valence-electron chi connectivity index (χ4n) is 1.86. The van der Waals surface area contributed by atoms with E-state index in [-0.39, 0.29) is 17.9 Å².